The number of hydrogen-bond donors (Lipinski definition) is 2. The summed E-state index contributed by atoms with van der Waals surface area (Å²) < 4.78 is 12.7. The molecule has 1 aromatic rings. The molecule has 0 spiro atoms. The third-order valence-electron chi connectivity index (χ3n) is 2.33. The number of aryl methyl sites for hydroxylation is 1. The molecule has 0 heterocycles. The molecule has 0 saturated heterocycles. The van der Waals surface area contributed by atoms with Gasteiger partial charge in [0.05, 0.1) is 0 Å². The van der Waals surface area contributed by atoms with Crippen molar-refractivity contribution in [3.8, 4) is 0 Å². The number of benzene rings is 1. The van der Waals surface area contributed by atoms with Gasteiger partial charge < -0.3 is 10.2 Å². The van der Waals surface area contributed by atoms with Crippen molar-refractivity contribution in [3.63, 3.8) is 0 Å². The standard InChI is InChI=1S/C11H15FO2/c1-8-4-11(12)3-2-10(8)5-9(6-13)7-14/h2-4,9,13-14H,5-7H2,1H3. The zero-order valence-corrected chi connectivity index (χ0v) is 8.20. The molecule has 1 aromatic carbocycles. The fourth-order valence-electron chi connectivity index (χ4n) is 1.39. The van der Waals surface area contributed by atoms with E-state index in [-0.39, 0.29) is 24.9 Å². The van der Waals surface area contributed by atoms with E-state index < -0.39 is 0 Å². The topological polar surface area (TPSA) is 40.5 Å². The predicted molar refractivity (Wildman–Crippen MR) is 52.5 cm³/mol. The maximum Gasteiger partial charge on any atom is 0.123 e. The molecular formula is C11H15FO2. The first-order valence-electron chi connectivity index (χ1n) is 4.64. The number of rotatable bonds is 4. The first kappa shape index (κ1) is 11.1. The third kappa shape index (κ3) is 2.79. The average Bonchev–Trinajstić information content (AvgIpc) is 2.17. The second-order valence-electron chi connectivity index (χ2n) is 3.51. The molecule has 0 saturated carbocycles. The Morgan fingerprint density at radius 1 is 1.29 bits per heavy atom. The van der Waals surface area contributed by atoms with Gasteiger partial charge in [-0.3, -0.25) is 0 Å². The molecule has 0 atom stereocenters. The van der Waals surface area contributed by atoms with Gasteiger partial charge in [0.15, 0.2) is 0 Å². The van der Waals surface area contributed by atoms with Crippen LogP contribution in [0.3, 0.4) is 0 Å². The van der Waals surface area contributed by atoms with Crippen LogP contribution in [-0.4, -0.2) is 23.4 Å². The molecule has 14 heavy (non-hydrogen) atoms. The van der Waals surface area contributed by atoms with Crippen LogP contribution in [0.15, 0.2) is 18.2 Å². The summed E-state index contributed by atoms with van der Waals surface area (Å²) in [6.45, 7) is 1.73. The number of halogens is 1. The molecule has 0 bridgehead atoms. The molecule has 0 aromatic heterocycles. The molecule has 2 nitrogen and oxygen atoms in total. The Labute approximate surface area is 83.0 Å². The highest BCUT2D eigenvalue weighted by atomic mass is 19.1. The number of hydrogen-bond acceptors (Lipinski definition) is 2. The SMILES string of the molecule is Cc1cc(F)ccc1CC(CO)CO. The molecule has 2 N–H and O–H groups in total. The van der Waals surface area contributed by atoms with Crippen molar-refractivity contribution >= 4 is 0 Å². The molecule has 0 aliphatic rings. The fourth-order valence-corrected chi connectivity index (χ4v) is 1.39. The van der Waals surface area contributed by atoms with Crippen LogP contribution in [0.5, 0.6) is 0 Å². The summed E-state index contributed by atoms with van der Waals surface area (Å²) in [4.78, 5) is 0. The Balaban J connectivity index is 2.76. The highest BCUT2D eigenvalue weighted by Gasteiger charge is 2.09. The van der Waals surface area contributed by atoms with Crippen molar-refractivity contribution in [1.82, 2.24) is 0 Å². The van der Waals surface area contributed by atoms with E-state index in [2.05, 4.69) is 0 Å². The van der Waals surface area contributed by atoms with Gasteiger partial charge in [-0.1, -0.05) is 6.07 Å². The summed E-state index contributed by atoms with van der Waals surface area (Å²) >= 11 is 0. The summed E-state index contributed by atoms with van der Waals surface area (Å²) in [6, 6.07) is 4.55. The fraction of sp³-hybridized carbons (Fsp3) is 0.455. The smallest absolute Gasteiger partial charge is 0.123 e. The molecule has 78 valence electrons. The lowest BCUT2D eigenvalue weighted by molar-refractivity contribution is 0.150. The molecule has 0 aliphatic heterocycles. The van der Waals surface area contributed by atoms with Crippen LogP contribution in [0, 0.1) is 18.7 Å². The Morgan fingerprint density at radius 2 is 1.93 bits per heavy atom. The van der Waals surface area contributed by atoms with E-state index in [1.807, 2.05) is 6.92 Å². The van der Waals surface area contributed by atoms with Crippen molar-refractivity contribution < 1.29 is 14.6 Å². The molecule has 3 heteroatoms. The summed E-state index contributed by atoms with van der Waals surface area (Å²) in [5.74, 6) is -0.407. The van der Waals surface area contributed by atoms with Gasteiger partial charge in [-0.15, -0.1) is 0 Å². The molecule has 0 unspecified atom stereocenters. The second-order valence-corrected chi connectivity index (χ2v) is 3.51. The van der Waals surface area contributed by atoms with Crippen molar-refractivity contribution in [2.75, 3.05) is 13.2 Å². The van der Waals surface area contributed by atoms with Crippen LogP contribution in [0.1, 0.15) is 11.1 Å². The first-order chi connectivity index (χ1) is 6.67. The van der Waals surface area contributed by atoms with Crippen molar-refractivity contribution in [2.24, 2.45) is 5.92 Å². The van der Waals surface area contributed by atoms with Crippen LogP contribution in [0.4, 0.5) is 4.39 Å². The summed E-state index contributed by atoms with van der Waals surface area (Å²) in [6.07, 6.45) is 0.582. The highest BCUT2D eigenvalue weighted by Crippen LogP contribution is 2.14. The third-order valence-corrected chi connectivity index (χ3v) is 2.33. The zero-order valence-electron chi connectivity index (χ0n) is 8.20. The van der Waals surface area contributed by atoms with Gasteiger partial charge in [0.1, 0.15) is 5.82 Å². The quantitative estimate of drug-likeness (QED) is 0.765. The Bertz CT molecular complexity index is 295. The van der Waals surface area contributed by atoms with Gasteiger partial charge in [0.2, 0.25) is 0 Å². The van der Waals surface area contributed by atoms with Gasteiger partial charge in [-0.05, 0) is 36.6 Å². The minimum absolute atomic E-state index is 0.0483. The largest absolute Gasteiger partial charge is 0.396 e. The van der Waals surface area contributed by atoms with Crippen molar-refractivity contribution in [1.29, 1.82) is 0 Å². The van der Waals surface area contributed by atoms with Gasteiger partial charge in [-0.25, -0.2) is 4.39 Å². The van der Waals surface area contributed by atoms with Crippen LogP contribution >= 0.6 is 0 Å². The Hall–Kier alpha value is -0.930. The van der Waals surface area contributed by atoms with Gasteiger partial charge in [0, 0.05) is 19.1 Å². The predicted octanol–water partition coefficient (Wildman–Crippen LogP) is 1.28. The van der Waals surface area contributed by atoms with E-state index in [0.29, 0.717) is 6.42 Å². The highest BCUT2D eigenvalue weighted by molar-refractivity contribution is 5.26. The lowest BCUT2D eigenvalue weighted by Crippen LogP contribution is -2.14. The second kappa shape index (κ2) is 5.08. The van der Waals surface area contributed by atoms with Crippen LogP contribution in [-0.2, 0) is 6.42 Å². The Morgan fingerprint density at radius 3 is 2.43 bits per heavy atom. The molecule has 0 aliphatic carbocycles. The van der Waals surface area contributed by atoms with Crippen LogP contribution < -0.4 is 0 Å². The van der Waals surface area contributed by atoms with Crippen LogP contribution in [0.25, 0.3) is 0 Å². The summed E-state index contributed by atoms with van der Waals surface area (Å²) in [5, 5.41) is 17.8. The maximum absolute atomic E-state index is 12.7. The van der Waals surface area contributed by atoms with Gasteiger partial charge in [0.25, 0.3) is 0 Å². The number of aliphatic hydroxyl groups is 2. The zero-order chi connectivity index (χ0) is 10.6. The average molecular weight is 198 g/mol. The lowest BCUT2D eigenvalue weighted by Gasteiger charge is -2.12. The molecule has 0 amide bonds. The lowest BCUT2D eigenvalue weighted by atomic mass is 9.97. The normalized spacial score (nSPS) is 10.9. The summed E-state index contributed by atoms with van der Waals surface area (Å²) in [5.41, 5.74) is 1.83. The number of aliphatic hydroxyl groups excluding tert-OH is 2. The van der Waals surface area contributed by atoms with Gasteiger partial charge in [-0.2, -0.15) is 0 Å². The van der Waals surface area contributed by atoms with Crippen molar-refractivity contribution in [3.05, 3.63) is 35.1 Å². The molecule has 1 rings (SSSR count). The van der Waals surface area contributed by atoms with Crippen LogP contribution in [0.2, 0.25) is 0 Å². The van der Waals surface area contributed by atoms with E-state index in [9.17, 15) is 4.39 Å². The van der Waals surface area contributed by atoms with E-state index in [4.69, 9.17) is 10.2 Å². The molecule has 0 radical (unpaired) electrons. The van der Waals surface area contributed by atoms with E-state index in [0.717, 1.165) is 11.1 Å². The minimum Gasteiger partial charge on any atom is -0.396 e. The van der Waals surface area contributed by atoms with Gasteiger partial charge >= 0.3 is 0 Å². The monoisotopic (exact) mass is 198 g/mol. The summed E-state index contributed by atoms with van der Waals surface area (Å²) in [7, 11) is 0. The maximum atomic E-state index is 12.7. The Kier molecular flexibility index (Phi) is 4.04. The van der Waals surface area contributed by atoms with E-state index >= 15 is 0 Å². The minimum atomic E-state index is -0.254. The first-order valence-corrected chi connectivity index (χ1v) is 4.64. The van der Waals surface area contributed by atoms with Crippen molar-refractivity contribution in [2.45, 2.75) is 13.3 Å². The van der Waals surface area contributed by atoms with E-state index in [1.54, 1.807) is 6.07 Å². The molecular weight excluding hydrogens is 183 g/mol. The molecule has 0 fully saturated rings. The van der Waals surface area contributed by atoms with E-state index in [1.165, 1.54) is 12.1 Å².